The van der Waals surface area contributed by atoms with Crippen molar-refractivity contribution in [2.75, 3.05) is 6.61 Å². The Hall–Kier alpha value is -1.41. The average Bonchev–Trinajstić information content (AvgIpc) is 2.49. The van der Waals surface area contributed by atoms with Crippen LogP contribution in [-0.4, -0.2) is 18.7 Å². The molecule has 2 aromatic carbocycles. The van der Waals surface area contributed by atoms with E-state index in [4.69, 9.17) is 4.74 Å². The van der Waals surface area contributed by atoms with Crippen LogP contribution in [0, 0.1) is 3.57 Å². The summed E-state index contributed by atoms with van der Waals surface area (Å²) in [6.07, 6.45) is 1.58. The molecule has 0 bridgehead atoms. The molecule has 0 unspecified atom stereocenters. The number of nitrogens with zero attached hydrogens (tertiary/aromatic N) is 1. The molecule has 0 aliphatic heterocycles. The number of hydrazone groups is 1. The average molecular weight is 459 g/mol. The molecular weight excluding hydrogens is 447 g/mol. The Morgan fingerprint density at radius 2 is 1.95 bits per heavy atom. The van der Waals surface area contributed by atoms with Gasteiger partial charge in [0.25, 0.3) is 5.91 Å². The first-order valence-corrected chi connectivity index (χ1v) is 7.97. The summed E-state index contributed by atoms with van der Waals surface area (Å²) in [4.78, 5) is 11.6. The monoisotopic (exact) mass is 458 g/mol. The second-order valence-corrected chi connectivity index (χ2v) is 6.16. The fraction of sp³-hybridized carbons (Fsp3) is 0.0667. The summed E-state index contributed by atoms with van der Waals surface area (Å²) in [5.41, 5.74) is 3.31. The van der Waals surface area contributed by atoms with Crippen molar-refractivity contribution < 1.29 is 9.53 Å². The van der Waals surface area contributed by atoms with Crippen LogP contribution in [0.2, 0.25) is 0 Å². The van der Waals surface area contributed by atoms with Crippen molar-refractivity contribution in [2.45, 2.75) is 0 Å². The van der Waals surface area contributed by atoms with Crippen molar-refractivity contribution in [3.8, 4) is 5.75 Å². The van der Waals surface area contributed by atoms with E-state index in [0.717, 1.165) is 13.6 Å². The van der Waals surface area contributed by atoms with Gasteiger partial charge in [-0.05, 0) is 52.9 Å². The van der Waals surface area contributed by atoms with Crippen LogP contribution in [-0.2, 0) is 4.79 Å². The quantitative estimate of drug-likeness (QED) is 0.423. The molecule has 0 saturated carbocycles. The molecule has 108 valence electrons. The zero-order valence-corrected chi connectivity index (χ0v) is 14.7. The summed E-state index contributed by atoms with van der Waals surface area (Å²) in [6, 6.07) is 15.1. The van der Waals surface area contributed by atoms with Gasteiger partial charge in [0.1, 0.15) is 5.75 Å². The predicted octanol–water partition coefficient (Wildman–Crippen LogP) is 3.58. The van der Waals surface area contributed by atoms with Crippen LogP contribution in [0.5, 0.6) is 5.75 Å². The summed E-state index contributed by atoms with van der Waals surface area (Å²) >= 11 is 5.61. The normalized spacial score (nSPS) is 10.6. The van der Waals surface area contributed by atoms with Crippen molar-refractivity contribution in [1.29, 1.82) is 0 Å². The summed E-state index contributed by atoms with van der Waals surface area (Å²) in [6.45, 7) is -0.0755. The second-order valence-electron chi connectivity index (χ2n) is 4.06. The fourth-order valence-electron chi connectivity index (χ4n) is 1.47. The van der Waals surface area contributed by atoms with Crippen LogP contribution < -0.4 is 10.2 Å². The molecule has 0 radical (unpaired) electrons. The molecule has 0 saturated heterocycles. The van der Waals surface area contributed by atoms with Crippen molar-refractivity contribution in [1.82, 2.24) is 5.43 Å². The zero-order chi connectivity index (χ0) is 15.1. The van der Waals surface area contributed by atoms with Gasteiger partial charge in [0.2, 0.25) is 0 Å². The fourth-order valence-corrected chi connectivity index (χ4v) is 2.21. The molecule has 21 heavy (non-hydrogen) atoms. The van der Waals surface area contributed by atoms with E-state index < -0.39 is 0 Å². The molecule has 0 heterocycles. The third-order valence-electron chi connectivity index (χ3n) is 2.48. The number of carbonyl (C=O) groups is 1. The van der Waals surface area contributed by atoms with Gasteiger partial charge in [-0.3, -0.25) is 4.79 Å². The maximum atomic E-state index is 11.6. The topological polar surface area (TPSA) is 50.7 Å². The zero-order valence-electron chi connectivity index (χ0n) is 10.9. The van der Waals surface area contributed by atoms with E-state index in [9.17, 15) is 4.79 Å². The number of carbonyl (C=O) groups excluding carboxylic acids is 1. The number of ether oxygens (including phenoxy) is 1. The van der Waals surface area contributed by atoms with Crippen molar-refractivity contribution in [3.63, 3.8) is 0 Å². The maximum absolute atomic E-state index is 11.6. The summed E-state index contributed by atoms with van der Waals surface area (Å²) in [5.74, 6) is 0.345. The minimum Gasteiger partial charge on any atom is -0.484 e. The van der Waals surface area contributed by atoms with E-state index in [1.807, 2.05) is 48.5 Å². The number of hydrogen-bond acceptors (Lipinski definition) is 3. The molecule has 0 aliphatic rings. The molecule has 0 fully saturated rings. The molecular formula is C15H12BrIN2O2. The van der Waals surface area contributed by atoms with Gasteiger partial charge >= 0.3 is 0 Å². The molecule has 1 amide bonds. The number of halogens is 2. The highest BCUT2D eigenvalue weighted by molar-refractivity contribution is 14.1. The minimum absolute atomic E-state index is 0.0755. The van der Waals surface area contributed by atoms with Gasteiger partial charge in [0.05, 0.1) is 6.21 Å². The lowest BCUT2D eigenvalue weighted by atomic mass is 10.2. The molecule has 0 atom stereocenters. The van der Waals surface area contributed by atoms with Gasteiger partial charge in [-0.25, -0.2) is 5.43 Å². The largest absolute Gasteiger partial charge is 0.484 e. The summed E-state index contributed by atoms with van der Waals surface area (Å²) < 4.78 is 7.38. The van der Waals surface area contributed by atoms with Gasteiger partial charge in [-0.2, -0.15) is 5.10 Å². The van der Waals surface area contributed by atoms with Gasteiger partial charge in [-0.1, -0.05) is 34.1 Å². The van der Waals surface area contributed by atoms with Gasteiger partial charge in [-0.15, -0.1) is 0 Å². The van der Waals surface area contributed by atoms with Crippen molar-refractivity contribution in [3.05, 3.63) is 62.1 Å². The first-order chi connectivity index (χ1) is 10.1. The molecule has 2 aromatic rings. The number of hydrogen-bond donors (Lipinski definition) is 1. The Morgan fingerprint density at radius 1 is 1.24 bits per heavy atom. The first-order valence-electron chi connectivity index (χ1n) is 6.10. The Bertz CT molecular complexity index is 644. The molecule has 1 N–H and O–H groups in total. The van der Waals surface area contributed by atoms with Crippen LogP contribution in [0.15, 0.2) is 58.1 Å². The highest BCUT2D eigenvalue weighted by Gasteiger charge is 2.01. The highest BCUT2D eigenvalue weighted by Crippen LogP contribution is 2.14. The standard InChI is InChI=1S/C15H12BrIN2O2/c16-14-4-2-1-3-11(14)9-18-19-15(20)10-21-13-7-5-12(17)6-8-13/h1-9H,10H2,(H,19,20). The smallest absolute Gasteiger partial charge is 0.277 e. The highest BCUT2D eigenvalue weighted by atomic mass is 127. The molecule has 0 spiro atoms. The molecule has 6 heteroatoms. The SMILES string of the molecule is O=C(COc1ccc(I)cc1)NN=Cc1ccccc1Br. The predicted molar refractivity (Wildman–Crippen MR) is 94.5 cm³/mol. The Labute approximate surface area is 144 Å². The third kappa shape index (κ3) is 5.47. The number of nitrogens with one attached hydrogen (secondary N) is 1. The van der Waals surface area contributed by atoms with Gasteiger partial charge in [0.15, 0.2) is 6.61 Å². The molecule has 0 aliphatic carbocycles. The first kappa shape index (κ1) is 16.0. The van der Waals surface area contributed by atoms with Crippen molar-refractivity contribution >= 4 is 50.6 Å². The lowest BCUT2D eigenvalue weighted by molar-refractivity contribution is -0.123. The van der Waals surface area contributed by atoms with Crippen molar-refractivity contribution in [2.24, 2.45) is 5.10 Å². The lowest BCUT2D eigenvalue weighted by Gasteiger charge is -2.04. The molecule has 0 aromatic heterocycles. The van der Waals surface area contributed by atoms with Crippen LogP contribution in [0.3, 0.4) is 0 Å². The van der Waals surface area contributed by atoms with Crippen LogP contribution in [0.25, 0.3) is 0 Å². The summed E-state index contributed by atoms with van der Waals surface area (Å²) in [5, 5.41) is 3.89. The Morgan fingerprint density at radius 3 is 2.67 bits per heavy atom. The maximum Gasteiger partial charge on any atom is 0.277 e. The lowest BCUT2D eigenvalue weighted by Crippen LogP contribution is -2.24. The van der Waals surface area contributed by atoms with E-state index in [1.165, 1.54) is 0 Å². The summed E-state index contributed by atoms with van der Waals surface area (Å²) in [7, 11) is 0. The van der Waals surface area contributed by atoms with Gasteiger partial charge < -0.3 is 4.74 Å². The van der Waals surface area contributed by atoms with E-state index >= 15 is 0 Å². The van der Waals surface area contributed by atoms with Crippen LogP contribution >= 0.6 is 38.5 Å². The van der Waals surface area contributed by atoms with E-state index in [-0.39, 0.29) is 12.5 Å². The number of rotatable bonds is 5. The minimum atomic E-state index is -0.308. The van der Waals surface area contributed by atoms with Gasteiger partial charge in [0, 0.05) is 13.6 Å². The second kappa shape index (κ2) is 8.14. The Balaban J connectivity index is 1.80. The number of amides is 1. The molecule has 2 rings (SSSR count). The number of benzene rings is 2. The van der Waals surface area contributed by atoms with E-state index in [0.29, 0.717) is 5.75 Å². The van der Waals surface area contributed by atoms with Crippen LogP contribution in [0.4, 0.5) is 0 Å². The van der Waals surface area contributed by atoms with E-state index in [1.54, 1.807) is 6.21 Å². The Kier molecular flexibility index (Phi) is 6.19. The van der Waals surface area contributed by atoms with E-state index in [2.05, 4.69) is 49.0 Å². The third-order valence-corrected chi connectivity index (χ3v) is 3.92. The molecule has 4 nitrogen and oxygen atoms in total. The van der Waals surface area contributed by atoms with Crippen LogP contribution in [0.1, 0.15) is 5.56 Å².